The van der Waals surface area contributed by atoms with Gasteiger partial charge in [-0.15, -0.1) is 0 Å². The van der Waals surface area contributed by atoms with E-state index in [2.05, 4.69) is 4.98 Å². The molecule has 4 nitrogen and oxygen atoms in total. The number of hydrogen-bond donors (Lipinski definition) is 1. The van der Waals surface area contributed by atoms with E-state index in [1.54, 1.807) is 18.2 Å². The molecule has 2 aromatic carbocycles. The Labute approximate surface area is 115 Å². The standard InChI is InChI=1S/C16H10N2O2/c17-9-15-13-7-6-12(8-14(13)16(19)10-18-15)20-11-4-2-1-3-5-11/h1-8,10,19H. The van der Waals surface area contributed by atoms with Crippen LogP contribution in [0.5, 0.6) is 17.2 Å². The van der Waals surface area contributed by atoms with Crippen LogP contribution < -0.4 is 4.74 Å². The summed E-state index contributed by atoms with van der Waals surface area (Å²) in [6, 6.07) is 16.5. The first-order valence-electron chi connectivity index (χ1n) is 6.02. The summed E-state index contributed by atoms with van der Waals surface area (Å²) in [4.78, 5) is 3.89. The number of pyridine rings is 1. The van der Waals surface area contributed by atoms with Gasteiger partial charge in [0.05, 0.1) is 6.20 Å². The second-order valence-electron chi connectivity index (χ2n) is 4.23. The van der Waals surface area contributed by atoms with E-state index in [-0.39, 0.29) is 11.4 Å². The van der Waals surface area contributed by atoms with Crippen LogP contribution >= 0.6 is 0 Å². The number of benzene rings is 2. The summed E-state index contributed by atoms with van der Waals surface area (Å²) in [7, 11) is 0. The number of para-hydroxylation sites is 1. The topological polar surface area (TPSA) is 66.1 Å². The maximum Gasteiger partial charge on any atom is 0.148 e. The van der Waals surface area contributed by atoms with Gasteiger partial charge in [0.1, 0.15) is 29.0 Å². The summed E-state index contributed by atoms with van der Waals surface area (Å²) in [6.45, 7) is 0. The summed E-state index contributed by atoms with van der Waals surface area (Å²) in [6.07, 6.45) is 1.27. The van der Waals surface area contributed by atoms with Crippen molar-refractivity contribution in [2.75, 3.05) is 0 Å². The molecule has 96 valence electrons. The Morgan fingerprint density at radius 3 is 2.55 bits per heavy atom. The molecule has 20 heavy (non-hydrogen) atoms. The van der Waals surface area contributed by atoms with Crippen molar-refractivity contribution in [2.24, 2.45) is 0 Å². The van der Waals surface area contributed by atoms with Crippen molar-refractivity contribution < 1.29 is 9.84 Å². The van der Waals surface area contributed by atoms with Crippen molar-refractivity contribution in [1.82, 2.24) is 4.98 Å². The summed E-state index contributed by atoms with van der Waals surface area (Å²) in [5.41, 5.74) is 0.282. The summed E-state index contributed by atoms with van der Waals surface area (Å²) in [5.74, 6) is 1.33. The highest BCUT2D eigenvalue weighted by Crippen LogP contribution is 2.31. The largest absolute Gasteiger partial charge is 0.506 e. The molecule has 3 rings (SSSR count). The van der Waals surface area contributed by atoms with E-state index in [9.17, 15) is 5.11 Å². The summed E-state index contributed by atoms with van der Waals surface area (Å²) < 4.78 is 5.70. The third-order valence-corrected chi connectivity index (χ3v) is 2.92. The van der Waals surface area contributed by atoms with Gasteiger partial charge in [-0.2, -0.15) is 5.26 Å². The lowest BCUT2D eigenvalue weighted by atomic mass is 10.1. The molecule has 0 unspecified atom stereocenters. The number of fused-ring (bicyclic) bond motifs is 1. The first-order valence-corrected chi connectivity index (χ1v) is 6.02. The molecule has 0 amide bonds. The predicted molar refractivity (Wildman–Crippen MR) is 74.6 cm³/mol. The molecule has 0 fully saturated rings. The van der Waals surface area contributed by atoms with Crippen molar-refractivity contribution in [3.05, 3.63) is 60.4 Å². The van der Waals surface area contributed by atoms with Gasteiger partial charge in [0.25, 0.3) is 0 Å². The van der Waals surface area contributed by atoms with Gasteiger partial charge in [0.15, 0.2) is 0 Å². The fourth-order valence-electron chi connectivity index (χ4n) is 1.98. The molecular weight excluding hydrogens is 252 g/mol. The Kier molecular flexibility index (Phi) is 2.94. The van der Waals surface area contributed by atoms with Gasteiger partial charge in [0, 0.05) is 10.8 Å². The first-order chi connectivity index (χ1) is 9.78. The summed E-state index contributed by atoms with van der Waals surface area (Å²) in [5, 5.41) is 20.0. The minimum Gasteiger partial charge on any atom is -0.506 e. The maximum absolute atomic E-state index is 9.85. The van der Waals surface area contributed by atoms with Crippen molar-refractivity contribution >= 4 is 10.8 Å². The van der Waals surface area contributed by atoms with Crippen LogP contribution in [0.2, 0.25) is 0 Å². The molecule has 1 heterocycles. The van der Waals surface area contributed by atoms with Gasteiger partial charge in [-0.25, -0.2) is 4.98 Å². The highest BCUT2D eigenvalue weighted by atomic mass is 16.5. The molecule has 0 aliphatic carbocycles. The number of aromatic nitrogens is 1. The van der Waals surface area contributed by atoms with E-state index in [4.69, 9.17) is 10.00 Å². The average molecular weight is 262 g/mol. The molecule has 0 aliphatic heterocycles. The van der Waals surface area contributed by atoms with Crippen LogP contribution in [0.3, 0.4) is 0 Å². The van der Waals surface area contributed by atoms with E-state index in [1.165, 1.54) is 6.20 Å². The summed E-state index contributed by atoms with van der Waals surface area (Å²) >= 11 is 0. The highest BCUT2D eigenvalue weighted by molar-refractivity contribution is 5.92. The van der Waals surface area contributed by atoms with E-state index in [0.717, 1.165) is 0 Å². The fourth-order valence-corrected chi connectivity index (χ4v) is 1.98. The lowest BCUT2D eigenvalue weighted by molar-refractivity contribution is 0.474. The number of aromatic hydroxyl groups is 1. The number of nitriles is 1. The molecule has 0 aliphatic rings. The second kappa shape index (κ2) is 4.90. The zero-order valence-corrected chi connectivity index (χ0v) is 10.4. The van der Waals surface area contributed by atoms with E-state index < -0.39 is 0 Å². The van der Waals surface area contributed by atoms with Crippen molar-refractivity contribution in [1.29, 1.82) is 5.26 Å². The molecule has 3 aromatic rings. The minimum atomic E-state index is 0.0255. The number of nitrogens with zero attached hydrogens (tertiary/aromatic N) is 2. The molecule has 0 spiro atoms. The van der Waals surface area contributed by atoms with Gasteiger partial charge in [-0.3, -0.25) is 0 Å². The van der Waals surface area contributed by atoms with E-state index in [1.807, 2.05) is 36.4 Å². The van der Waals surface area contributed by atoms with Crippen LogP contribution in [0.15, 0.2) is 54.7 Å². The number of ether oxygens (including phenoxy) is 1. The SMILES string of the molecule is N#Cc1ncc(O)c2cc(Oc3ccccc3)ccc12. The van der Waals surface area contributed by atoms with Crippen LogP contribution in [-0.2, 0) is 0 Å². The molecule has 0 atom stereocenters. The molecule has 1 N–H and O–H groups in total. The van der Waals surface area contributed by atoms with Crippen molar-refractivity contribution in [3.63, 3.8) is 0 Å². The molecule has 0 saturated carbocycles. The zero-order valence-electron chi connectivity index (χ0n) is 10.4. The highest BCUT2D eigenvalue weighted by Gasteiger charge is 2.08. The molecule has 0 bridgehead atoms. The Balaban J connectivity index is 2.07. The third kappa shape index (κ3) is 2.13. The van der Waals surface area contributed by atoms with Gasteiger partial charge in [0.2, 0.25) is 0 Å². The first kappa shape index (κ1) is 12.0. The van der Waals surface area contributed by atoms with Gasteiger partial charge >= 0.3 is 0 Å². The van der Waals surface area contributed by atoms with E-state index in [0.29, 0.717) is 22.3 Å². The Bertz CT molecular complexity index is 808. The molecular formula is C16H10N2O2. The van der Waals surface area contributed by atoms with E-state index >= 15 is 0 Å². The molecule has 4 heteroatoms. The quantitative estimate of drug-likeness (QED) is 0.766. The second-order valence-corrected chi connectivity index (χ2v) is 4.23. The van der Waals surface area contributed by atoms with Crippen molar-refractivity contribution in [2.45, 2.75) is 0 Å². The monoisotopic (exact) mass is 262 g/mol. The molecule has 1 aromatic heterocycles. The minimum absolute atomic E-state index is 0.0255. The van der Waals surface area contributed by atoms with Gasteiger partial charge in [-0.1, -0.05) is 18.2 Å². The van der Waals surface area contributed by atoms with Gasteiger partial charge < -0.3 is 9.84 Å². The normalized spacial score (nSPS) is 10.2. The Morgan fingerprint density at radius 1 is 1.00 bits per heavy atom. The smallest absolute Gasteiger partial charge is 0.148 e. The zero-order chi connectivity index (χ0) is 13.9. The Hall–Kier alpha value is -3.06. The molecule has 0 saturated heterocycles. The lowest BCUT2D eigenvalue weighted by Crippen LogP contribution is -1.88. The number of hydrogen-bond acceptors (Lipinski definition) is 4. The third-order valence-electron chi connectivity index (χ3n) is 2.92. The van der Waals surface area contributed by atoms with Crippen LogP contribution in [0, 0.1) is 11.3 Å². The predicted octanol–water partition coefficient (Wildman–Crippen LogP) is 3.60. The maximum atomic E-state index is 9.85. The van der Waals surface area contributed by atoms with Crippen LogP contribution in [-0.4, -0.2) is 10.1 Å². The van der Waals surface area contributed by atoms with Crippen LogP contribution in [0.4, 0.5) is 0 Å². The molecule has 0 radical (unpaired) electrons. The van der Waals surface area contributed by atoms with Gasteiger partial charge in [-0.05, 0) is 30.3 Å². The van der Waals surface area contributed by atoms with Crippen LogP contribution in [0.1, 0.15) is 5.69 Å². The fraction of sp³-hybridized carbons (Fsp3) is 0. The van der Waals surface area contributed by atoms with Crippen LogP contribution in [0.25, 0.3) is 10.8 Å². The Morgan fingerprint density at radius 2 is 1.80 bits per heavy atom. The van der Waals surface area contributed by atoms with Crippen molar-refractivity contribution in [3.8, 4) is 23.3 Å². The lowest BCUT2D eigenvalue weighted by Gasteiger charge is -2.08. The average Bonchev–Trinajstić information content (AvgIpc) is 2.49. The number of rotatable bonds is 2.